The maximum atomic E-state index is 13.0. The fourth-order valence-electron chi connectivity index (χ4n) is 2.36. The standard InChI is InChI=1S/C18H29FN2O/c1-3-4-5-6-7-8-14-20-15-13-18(21-22-2)16-9-11-17(19)12-10-16/h9-12,20H,3-8,13-15H2,1-2H3/b21-18-. The first-order valence-corrected chi connectivity index (χ1v) is 8.34. The van der Waals surface area contributed by atoms with E-state index >= 15 is 0 Å². The Kier molecular flexibility index (Phi) is 10.3. The van der Waals surface area contributed by atoms with E-state index in [4.69, 9.17) is 4.84 Å². The number of benzene rings is 1. The molecule has 1 aromatic rings. The van der Waals surface area contributed by atoms with Crippen LogP contribution in [0.2, 0.25) is 0 Å². The van der Waals surface area contributed by atoms with Crippen molar-refractivity contribution in [2.45, 2.75) is 51.9 Å². The van der Waals surface area contributed by atoms with Gasteiger partial charge in [-0.2, -0.15) is 0 Å². The van der Waals surface area contributed by atoms with Gasteiger partial charge in [-0.1, -0.05) is 56.3 Å². The van der Waals surface area contributed by atoms with Crippen LogP contribution in [0.3, 0.4) is 0 Å². The molecule has 0 saturated carbocycles. The fraction of sp³-hybridized carbons (Fsp3) is 0.611. The van der Waals surface area contributed by atoms with Gasteiger partial charge in [0.25, 0.3) is 0 Å². The Hall–Kier alpha value is -1.42. The van der Waals surface area contributed by atoms with Crippen molar-refractivity contribution in [1.82, 2.24) is 5.32 Å². The summed E-state index contributed by atoms with van der Waals surface area (Å²) in [5.41, 5.74) is 1.75. The van der Waals surface area contributed by atoms with Crippen LogP contribution < -0.4 is 5.32 Å². The summed E-state index contributed by atoms with van der Waals surface area (Å²) < 4.78 is 13.0. The summed E-state index contributed by atoms with van der Waals surface area (Å²) in [7, 11) is 1.53. The maximum absolute atomic E-state index is 13.0. The Labute approximate surface area is 133 Å². The molecule has 124 valence electrons. The molecule has 22 heavy (non-hydrogen) atoms. The molecule has 1 aromatic carbocycles. The summed E-state index contributed by atoms with van der Waals surface area (Å²) in [5, 5.41) is 7.48. The van der Waals surface area contributed by atoms with E-state index in [2.05, 4.69) is 17.4 Å². The van der Waals surface area contributed by atoms with Gasteiger partial charge in [0.1, 0.15) is 12.9 Å². The van der Waals surface area contributed by atoms with E-state index in [1.807, 2.05) is 0 Å². The highest BCUT2D eigenvalue weighted by Crippen LogP contribution is 2.07. The number of nitrogens with zero attached hydrogens (tertiary/aromatic N) is 1. The first-order chi connectivity index (χ1) is 10.8. The zero-order valence-corrected chi connectivity index (χ0v) is 13.9. The molecule has 1 N–H and O–H groups in total. The highest BCUT2D eigenvalue weighted by molar-refractivity contribution is 6.00. The van der Waals surface area contributed by atoms with Crippen LogP contribution in [0, 0.1) is 5.82 Å². The number of hydrogen-bond donors (Lipinski definition) is 1. The molecule has 0 heterocycles. The van der Waals surface area contributed by atoms with Crippen LogP contribution >= 0.6 is 0 Å². The number of nitrogens with one attached hydrogen (secondary N) is 1. The molecule has 4 heteroatoms. The molecular formula is C18H29FN2O. The lowest BCUT2D eigenvalue weighted by Gasteiger charge is -2.08. The van der Waals surface area contributed by atoms with Gasteiger partial charge in [0.05, 0.1) is 5.71 Å². The summed E-state index contributed by atoms with van der Waals surface area (Å²) in [5.74, 6) is -0.235. The number of unbranched alkanes of at least 4 members (excludes halogenated alkanes) is 5. The highest BCUT2D eigenvalue weighted by atomic mass is 19.1. The van der Waals surface area contributed by atoms with Crippen LogP contribution in [-0.4, -0.2) is 25.9 Å². The summed E-state index contributed by atoms with van der Waals surface area (Å²) in [4.78, 5) is 4.89. The summed E-state index contributed by atoms with van der Waals surface area (Å²) in [6.45, 7) is 4.13. The van der Waals surface area contributed by atoms with Crippen LogP contribution in [0.15, 0.2) is 29.4 Å². The molecule has 0 atom stereocenters. The summed E-state index contributed by atoms with van der Waals surface area (Å²) >= 11 is 0. The number of halogens is 1. The van der Waals surface area contributed by atoms with E-state index in [9.17, 15) is 4.39 Å². The fourth-order valence-corrected chi connectivity index (χ4v) is 2.36. The Morgan fingerprint density at radius 3 is 2.41 bits per heavy atom. The predicted octanol–water partition coefficient (Wildman–Crippen LogP) is 4.52. The minimum Gasteiger partial charge on any atom is -0.399 e. The van der Waals surface area contributed by atoms with Gasteiger partial charge < -0.3 is 10.2 Å². The van der Waals surface area contributed by atoms with Crippen LogP contribution in [0.25, 0.3) is 0 Å². The molecular weight excluding hydrogens is 279 g/mol. The number of rotatable bonds is 12. The molecule has 0 bridgehead atoms. The zero-order chi connectivity index (χ0) is 16.0. The van der Waals surface area contributed by atoms with Gasteiger partial charge >= 0.3 is 0 Å². The Morgan fingerprint density at radius 1 is 1.05 bits per heavy atom. The number of oxime groups is 1. The van der Waals surface area contributed by atoms with E-state index < -0.39 is 0 Å². The third-order valence-electron chi connectivity index (χ3n) is 3.62. The van der Waals surface area contributed by atoms with Crippen LogP contribution in [-0.2, 0) is 4.84 Å². The average Bonchev–Trinajstić information content (AvgIpc) is 2.53. The third-order valence-corrected chi connectivity index (χ3v) is 3.62. The topological polar surface area (TPSA) is 33.6 Å². The van der Waals surface area contributed by atoms with E-state index in [1.54, 1.807) is 12.1 Å². The van der Waals surface area contributed by atoms with Crippen molar-refractivity contribution < 1.29 is 9.23 Å². The van der Waals surface area contributed by atoms with Crippen molar-refractivity contribution >= 4 is 5.71 Å². The molecule has 0 unspecified atom stereocenters. The lowest BCUT2D eigenvalue weighted by atomic mass is 10.1. The summed E-state index contributed by atoms with van der Waals surface area (Å²) in [6, 6.07) is 6.37. The Bertz CT molecular complexity index is 418. The molecule has 0 aliphatic carbocycles. The van der Waals surface area contributed by atoms with Crippen LogP contribution in [0.5, 0.6) is 0 Å². The smallest absolute Gasteiger partial charge is 0.123 e. The largest absolute Gasteiger partial charge is 0.399 e. The van der Waals surface area contributed by atoms with Crippen molar-refractivity contribution in [3.8, 4) is 0 Å². The Morgan fingerprint density at radius 2 is 1.73 bits per heavy atom. The first-order valence-electron chi connectivity index (χ1n) is 8.34. The van der Waals surface area contributed by atoms with Gasteiger partial charge in [-0.15, -0.1) is 0 Å². The highest BCUT2D eigenvalue weighted by Gasteiger charge is 2.04. The number of hydrogen-bond acceptors (Lipinski definition) is 3. The van der Waals surface area contributed by atoms with E-state index in [0.717, 1.165) is 30.8 Å². The van der Waals surface area contributed by atoms with Crippen molar-refractivity contribution in [3.05, 3.63) is 35.6 Å². The van der Waals surface area contributed by atoms with Crippen molar-refractivity contribution in [3.63, 3.8) is 0 Å². The van der Waals surface area contributed by atoms with E-state index in [1.165, 1.54) is 57.8 Å². The second kappa shape index (κ2) is 12.2. The molecule has 0 amide bonds. The van der Waals surface area contributed by atoms with Crippen molar-refractivity contribution in [2.24, 2.45) is 5.16 Å². The molecule has 0 spiro atoms. The average molecular weight is 308 g/mol. The minimum absolute atomic E-state index is 0.235. The van der Waals surface area contributed by atoms with Gasteiger partial charge in [-0.05, 0) is 30.7 Å². The molecule has 3 nitrogen and oxygen atoms in total. The van der Waals surface area contributed by atoms with Gasteiger partial charge in [0.15, 0.2) is 0 Å². The second-order valence-electron chi connectivity index (χ2n) is 5.50. The quantitative estimate of drug-likeness (QED) is 0.350. The molecule has 0 saturated heterocycles. The molecule has 0 aromatic heterocycles. The van der Waals surface area contributed by atoms with Crippen LogP contribution in [0.1, 0.15) is 57.4 Å². The molecule has 0 radical (unpaired) electrons. The zero-order valence-electron chi connectivity index (χ0n) is 13.9. The SMILES string of the molecule is CCCCCCCCNCC/C(=N/OC)c1ccc(F)cc1. The minimum atomic E-state index is -0.235. The maximum Gasteiger partial charge on any atom is 0.123 e. The van der Waals surface area contributed by atoms with Crippen molar-refractivity contribution in [1.29, 1.82) is 0 Å². The Balaban J connectivity index is 2.20. The van der Waals surface area contributed by atoms with Crippen molar-refractivity contribution in [2.75, 3.05) is 20.2 Å². The molecule has 0 aliphatic heterocycles. The summed E-state index contributed by atoms with van der Waals surface area (Å²) in [6.07, 6.45) is 8.62. The van der Waals surface area contributed by atoms with Gasteiger partial charge in [0.2, 0.25) is 0 Å². The van der Waals surface area contributed by atoms with Gasteiger partial charge in [0, 0.05) is 13.0 Å². The molecule has 1 rings (SSSR count). The van der Waals surface area contributed by atoms with E-state index in [-0.39, 0.29) is 5.82 Å². The van der Waals surface area contributed by atoms with E-state index in [0.29, 0.717) is 0 Å². The van der Waals surface area contributed by atoms with Gasteiger partial charge in [-0.3, -0.25) is 0 Å². The van der Waals surface area contributed by atoms with Gasteiger partial charge in [-0.25, -0.2) is 4.39 Å². The predicted molar refractivity (Wildman–Crippen MR) is 90.8 cm³/mol. The first kappa shape index (κ1) is 18.6. The normalized spacial score (nSPS) is 11.7. The lowest BCUT2D eigenvalue weighted by molar-refractivity contribution is 0.213. The third kappa shape index (κ3) is 8.13. The molecule has 0 aliphatic rings. The lowest BCUT2D eigenvalue weighted by Crippen LogP contribution is -2.20. The second-order valence-corrected chi connectivity index (χ2v) is 5.50. The monoisotopic (exact) mass is 308 g/mol. The molecule has 0 fully saturated rings. The van der Waals surface area contributed by atoms with Crippen LogP contribution in [0.4, 0.5) is 4.39 Å².